The van der Waals surface area contributed by atoms with E-state index in [1.807, 2.05) is 0 Å². The number of non-ortho nitro benzene ring substituents is 2. The zero-order valence-corrected chi connectivity index (χ0v) is 11.8. The van der Waals surface area contributed by atoms with Crippen molar-refractivity contribution < 1.29 is 19.7 Å². The molecule has 0 unspecified atom stereocenters. The van der Waals surface area contributed by atoms with E-state index >= 15 is 0 Å². The Morgan fingerprint density at radius 3 is 1.77 bits per heavy atom. The topological polar surface area (TPSA) is 150 Å². The van der Waals surface area contributed by atoms with Crippen LogP contribution < -0.4 is 5.73 Å². The van der Waals surface area contributed by atoms with Crippen LogP contribution in [0.15, 0.2) is 18.2 Å². The molecule has 2 rings (SSSR count). The van der Waals surface area contributed by atoms with Crippen molar-refractivity contribution in [2.75, 3.05) is 0 Å². The summed E-state index contributed by atoms with van der Waals surface area (Å²) < 4.78 is 0. The second-order valence-corrected chi connectivity index (χ2v) is 4.96. The van der Waals surface area contributed by atoms with Crippen LogP contribution >= 0.6 is 0 Å². The third-order valence-electron chi connectivity index (χ3n) is 3.22. The Kier molecular flexibility index (Phi) is 6.39. The summed E-state index contributed by atoms with van der Waals surface area (Å²) in [7, 11) is 0. The van der Waals surface area contributed by atoms with E-state index in [0.717, 1.165) is 12.1 Å². The Balaban J connectivity index is 0.000000287. The maximum atomic E-state index is 10.5. The molecule has 1 fully saturated rings. The highest BCUT2D eigenvalue weighted by atomic mass is 16.6. The third kappa shape index (κ3) is 5.44. The summed E-state index contributed by atoms with van der Waals surface area (Å²) >= 11 is 0. The van der Waals surface area contributed by atoms with Crippen molar-refractivity contribution in [1.29, 1.82) is 0 Å². The van der Waals surface area contributed by atoms with E-state index in [-0.39, 0.29) is 0 Å². The molecule has 9 heteroatoms. The standard InChI is InChI=1S/C7H4N2O6.C6H13N/c10-7(11)4-1-5(8(12)13)3-6(2-4)9(14)15;7-6-4-2-1-3-5-6/h1-3H,(H,10,11);6H,1-5,7H2. The van der Waals surface area contributed by atoms with Crippen LogP contribution in [-0.4, -0.2) is 27.0 Å². The van der Waals surface area contributed by atoms with Crippen molar-refractivity contribution >= 4 is 17.3 Å². The lowest BCUT2D eigenvalue weighted by Crippen LogP contribution is -2.22. The van der Waals surface area contributed by atoms with Gasteiger partial charge in [-0.15, -0.1) is 0 Å². The summed E-state index contributed by atoms with van der Waals surface area (Å²) in [5.41, 5.74) is 3.90. The number of carboxylic acid groups (broad SMARTS) is 1. The van der Waals surface area contributed by atoms with Crippen molar-refractivity contribution in [3.63, 3.8) is 0 Å². The molecular formula is C13H17N3O6. The Hall–Kier alpha value is -2.55. The van der Waals surface area contributed by atoms with Gasteiger partial charge in [-0.05, 0) is 12.8 Å². The van der Waals surface area contributed by atoms with Crippen LogP contribution in [0.25, 0.3) is 0 Å². The third-order valence-corrected chi connectivity index (χ3v) is 3.22. The number of benzene rings is 1. The minimum Gasteiger partial charge on any atom is -0.478 e. The first-order valence-electron chi connectivity index (χ1n) is 6.74. The van der Waals surface area contributed by atoms with Gasteiger partial charge in [0, 0.05) is 18.2 Å². The fraction of sp³-hybridized carbons (Fsp3) is 0.462. The highest BCUT2D eigenvalue weighted by Gasteiger charge is 2.19. The number of hydrogen-bond acceptors (Lipinski definition) is 6. The number of carbonyl (C=O) groups is 1. The lowest BCUT2D eigenvalue weighted by atomic mass is 9.97. The number of nitrogens with zero attached hydrogens (tertiary/aromatic N) is 2. The molecule has 1 saturated carbocycles. The van der Waals surface area contributed by atoms with Crippen molar-refractivity contribution in [2.24, 2.45) is 5.73 Å². The molecule has 120 valence electrons. The van der Waals surface area contributed by atoms with Gasteiger partial charge in [0.05, 0.1) is 21.5 Å². The van der Waals surface area contributed by atoms with Crippen molar-refractivity contribution in [1.82, 2.24) is 0 Å². The van der Waals surface area contributed by atoms with Crippen molar-refractivity contribution in [3.8, 4) is 0 Å². The molecule has 3 N–H and O–H groups in total. The molecule has 9 nitrogen and oxygen atoms in total. The van der Waals surface area contributed by atoms with Gasteiger partial charge in [-0.3, -0.25) is 20.2 Å². The van der Waals surface area contributed by atoms with Crippen molar-refractivity contribution in [3.05, 3.63) is 44.0 Å². The molecule has 0 saturated heterocycles. The Morgan fingerprint density at radius 2 is 1.50 bits per heavy atom. The zero-order valence-electron chi connectivity index (χ0n) is 11.8. The molecule has 0 bridgehead atoms. The van der Waals surface area contributed by atoms with Crippen molar-refractivity contribution in [2.45, 2.75) is 38.1 Å². The lowest BCUT2D eigenvalue weighted by molar-refractivity contribution is -0.394. The first kappa shape index (κ1) is 17.5. The van der Waals surface area contributed by atoms with Gasteiger partial charge in [-0.25, -0.2) is 4.79 Å². The average Bonchev–Trinajstić information content (AvgIpc) is 2.48. The predicted octanol–water partition coefficient (Wildman–Crippen LogP) is 2.48. The molecule has 0 spiro atoms. The number of aromatic carboxylic acids is 1. The highest BCUT2D eigenvalue weighted by Crippen LogP contribution is 2.22. The molecule has 0 heterocycles. The van der Waals surface area contributed by atoms with E-state index in [1.165, 1.54) is 32.1 Å². The minimum atomic E-state index is -1.46. The number of hydrogen-bond donors (Lipinski definition) is 2. The summed E-state index contributed by atoms with van der Waals surface area (Å²) in [4.78, 5) is 29.4. The van der Waals surface area contributed by atoms with E-state index in [4.69, 9.17) is 10.8 Å². The van der Waals surface area contributed by atoms with E-state index in [9.17, 15) is 25.0 Å². The van der Waals surface area contributed by atoms with E-state index in [0.29, 0.717) is 12.1 Å². The van der Waals surface area contributed by atoms with Gasteiger partial charge >= 0.3 is 5.97 Å². The predicted molar refractivity (Wildman–Crippen MR) is 77.8 cm³/mol. The quantitative estimate of drug-likeness (QED) is 0.642. The lowest BCUT2D eigenvalue weighted by Gasteiger charge is -2.15. The van der Waals surface area contributed by atoms with Gasteiger partial charge < -0.3 is 10.8 Å². The van der Waals surface area contributed by atoms with Crippen LogP contribution in [0.2, 0.25) is 0 Å². The monoisotopic (exact) mass is 311 g/mol. The smallest absolute Gasteiger partial charge is 0.336 e. The summed E-state index contributed by atoms with van der Waals surface area (Å²) in [6.45, 7) is 0. The van der Waals surface area contributed by atoms with Crippen LogP contribution in [0.5, 0.6) is 0 Å². The van der Waals surface area contributed by atoms with E-state index in [1.54, 1.807) is 0 Å². The number of nitro groups is 2. The van der Waals surface area contributed by atoms with Crippen LogP contribution in [-0.2, 0) is 0 Å². The normalized spacial score (nSPS) is 14.6. The van der Waals surface area contributed by atoms with Gasteiger partial charge in [0.1, 0.15) is 0 Å². The van der Waals surface area contributed by atoms with E-state index in [2.05, 4.69) is 0 Å². The van der Waals surface area contributed by atoms with Gasteiger partial charge in [-0.1, -0.05) is 19.3 Å². The fourth-order valence-corrected chi connectivity index (χ4v) is 2.06. The van der Waals surface area contributed by atoms with Crippen LogP contribution in [0.3, 0.4) is 0 Å². The first-order chi connectivity index (χ1) is 10.3. The van der Waals surface area contributed by atoms with Crippen LogP contribution in [0.4, 0.5) is 11.4 Å². The molecule has 0 aliphatic heterocycles. The van der Waals surface area contributed by atoms with Crippen LogP contribution in [0.1, 0.15) is 42.5 Å². The second kappa shape index (κ2) is 8.03. The maximum Gasteiger partial charge on any atom is 0.336 e. The molecule has 0 aromatic heterocycles. The second-order valence-electron chi connectivity index (χ2n) is 4.96. The number of nitrogens with two attached hydrogens (primary N) is 1. The largest absolute Gasteiger partial charge is 0.478 e. The van der Waals surface area contributed by atoms with Gasteiger partial charge in [0.15, 0.2) is 0 Å². The average molecular weight is 311 g/mol. The SMILES string of the molecule is NC1CCCCC1.O=C(O)c1cc([N+](=O)[O-])cc([N+](=O)[O-])c1. The number of rotatable bonds is 3. The first-order valence-corrected chi connectivity index (χ1v) is 6.74. The minimum absolute atomic E-state index is 0.490. The molecule has 0 radical (unpaired) electrons. The van der Waals surface area contributed by atoms with Crippen LogP contribution in [0, 0.1) is 20.2 Å². The summed E-state index contributed by atoms with van der Waals surface area (Å²) in [5, 5.41) is 29.2. The molecule has 22 heavy (non-hydrogen) atoms. The molecule has 1 aliphatic rings. The fourth-order valence-electron chi connectivity index (χ4n) is 2.06. The Labute approximate surface area is 126 Å². The van der Waals surface area contributed by atoms with Gasteiger partial charge in [0.25, 0.3) is 11.4 Å². The van der Waals surface area contributed by atoms with Gasteiger partial charge in [-0.2, -0.15) is 0 Å². The molecule has 0 atom stereocenters. The Bertz CT molecular complexity index is 490. The molecule has 1 aromatic carbocycles. The van der Waals surface area contributed by atoms with E-state index < -0.39 is 32.8 Å². The Morgan fingerprint density at radius 1 is 1.05 bits per heavy atom. The molecular weight excluding hydrogens is 294 g/mol. The number of carboxylic acids is 1. The van der Waals surface area contributed by atoms with Gasteiger partial charge in [0.2, 0.25) is 0 Å². The highest BCUT2D eigenvalue weighted by molar-refractivity contribution is 5.89. The summed E-state index contributed by atoms with van der Waals surface area (Å²) in [5.74, 6) is -1.46. The zero-order chi connectivity index (χ0) is 16.7. The molecule has 0 amide bonds. The maximum absolute atomic E-state index is 10.5. The summed E-state index contributed by atoms with van der Waals surface area (Å²) in [6, 6.07) is 2.76. The summed E-state index contributed by atoms with van der Waals surface area (Å²) in [6.07, 6.45) is 6.66. The number of nitro benzene ring substituents is 2. The molecule has 1 aromatic rings. The molecule has 1 aliphatic carbocycles.